The normalized spacial score (nSPS) is 14.8. The first kappa shape index (κ1) is 13.1. The number of rotatable bonds is 5. The van der Waals surface area contributed by atoms with Crippen molar-refractivity contribution in [3.8, 4) is 0 Å². The van der Waals surface area contributed by atoms with Gasteiger partial charge in [-0.05, 0) is 24.1 Å². The molecule has 18 heavy (non-hydrogen) atoms. The van der Waals surface area contributed by atoms with Crippen LogP contribution in [0.15, 0.2) is 18.2 Å². The number of hydrogen-bond acceptors (Lipinski definition) is 3. The number of anilines is 1. The summed E-state index contributed by atoms with van der Waals surface area (Å²) < 4.78 is 12.0. The molecular weight excluding hydrogens is 246 g/mol. The summed E-state index contributed by atoms with van der Waals surface area (Å²) in [6.07, 6.45) is 1.06. The minimum Gasteiger partial charge on any atom is -0.399 e. The largest absolute Gasteiger partial charge is 0.399 e. The van der Waals surface area contributed by atoms with Gasteiger partial charge in [0.1, 0.15) is 5.82 Å². The summed E-state index contributed by atoms with van der Waals surface area (Å²) in [7, 11) is -0.858. The molecule has 0 fully saturated rings. The molecule has 0 saturated heterocycles. The predicted octanol–water partition coefficient (Wildman–Crippen LogP) is 2.44. The van der Waals surface area contributed by atoms with Crippen LogP contribution >= 0.6 is 0 Å². The smallest absolute Gasteiger partial charge is 0.119 e. The van der Waals surface area contributed by atoms with Crippen LogP contribution in [0.5, 0.6) is 0 Å². The second kappa shape index (κ2) is 5.52. The molecule has 98 valence electrons. The van der Waals surface area contributed by atoms with Crippen LogP contribution in [0.4, 0.5) is 5.69 Å². The predicted molar refractivity (Wildman–Crippen MR) is 76.7 cm³/mol. The van der Waals surface area contributed by atoms with E-state index >= 15 is 0 Å². The minimum atomic E-state index is -0.858. The first-order chi connectivity index (χ1) is 8.58. The zero-order chi connectivity index (χ0) is 13.1. The summed E-state index contributed by atoms with van der Waals surface area (Å²) in [6, 6.07) is 5.55. The molecule has 0 saturated carbocycles. The van der Waals surface area contributed by atoms with E-state index in [0.717, 1.165) is 29.0 Å². The Hall–Kier alpha value is -1.36. The molecule has 2 rings (SSSR count). The molecule has 1 aromatic carbocycles. The monoisotopic (exact) mass is 265 g/mol. The van der Waals surface area contributed by atoms with Gasteiger partial charge < -0.3 is 10.7 Å². The molecular formula is C13H19N3OS. The van der Waals surface area contributed by atoms with E-state index in [1.807, 2.05) is 18.2 Å². The van der Waals surface area contributed by atoms with Gasteiger partial charge in [0.2, 0.25) is 0 Å². The second-order valence-electron chi connectivity index (χ2n) is 4.72. The Labute approximate surface area is 109 Å². The Morgan fingerprint density at radius 3 is 3.00 bits per heavy atom. The van der Waals surface area contributed by atoms with Crippen molar-refractivity contribution in [2.24, 2.45) is 5.92 Å². The van der Waals surface area contributed by atoms with Gasteiger partial charge in [0.25, 0.3) is 0 Å². The van der Waals surface area contributed by atoms with Crippen LogP contribution < -0.4 is 5.73 Å². The van der Waals surface area contributed by atoms with Crippen LogP contribution in [0.25, 0.3) is 11.0 Å². The number of hydrogen-bond donors (Lipinski definition) is 2. The first-order valence-electron chi connectivity index (χ1n) is 6.17. The van der Waals surface area contributed by atoms with E-state index in [9.17, 15) is 4.21 Å². The Morgan fingerprint density at radius 2 is 2.28 bits per heavy atom. The summed E-state index contributed by atoms with van der Waals surface area (Å²) in [6.45, 7) is 4.24. The zero-order valence-corrected chi connectivity index (χ0v) is 11.6. The van der Waals surface area contributed by atoms with Gasteiger partial charge in [0.15, 0.2) is 0 Å². The SMILES string of the molecule is CCC(C)CS(=O)Cc1nc2ccc(N)cc2[nH]1. The van der Waals surface area contributed by atoms with Crippen molar-refractivity contribution < 1.29 is 4.21 Å². The number of imidazole rings is 1. The molecule has 0 spiro atoms. The molecule has 0 aliphatic heterocycles. The molecule has 0 aliphatic rings. The molecule has 3 N–H and O–H groups in total. The fourth-order valence-corrected chi connectivity index (χ4v) is 3.22. The summed E-state index contributed by atoms with van der Waals surface area (Å²) in [5.74, 6) is 2.48. The van der Waals surface area contributed by atoms with Crippen molar-refractivity contribution in [2.45, 2.75) is 26.0 Å². The van der Waals surface area contributed by atoms with Crippen molar-refractivity contribution in [1.82, 2.24) is 9.97 Å². The van der Waals surface area contributed by atoms with Gasteiger partial charge >= 0.3 is 0 Å². The van der Waals surface area contributed by atoms with Crippen LogP contribution in [-0.4, -0.2) is 19.9 Å². The van der Waals surface area contributed by atoms with Crippen LogP contribution in [0.3, 0.4) is 0 Å². The van der Waals surface area contributed by atoms with E-state index in [1.165, 1.54) is 0 Å². The second-order valence-corrected chi connectivity index (χ2v) is 6.23. The topological polar surface area (TPSA) is 71.8 Å². The summed E-state index contributed by atoms with van der Waals surface area (Å²) in [5.41, 5.74) is 8.20. The fraction of sp³-hybridized carbons (Fsp3) is 0.462. The Morgan fingerprint density at radius 1 is 1.50 bits per heavy atom. The highest BCUT2D eigenvalue weighted by molar-refractivity contribution is 7.84. The maximum Gasteiger partial charge on any atom is 0.119 e. The Kier molecular flexibility index (Phi) is 4.01. The zero-order valence-electron chi connectivity index (χ0n) is 10.8. The number of aromatic nitrogens is 2. The number of H-pyrrole nitrogens is 1. The molecule has 0 radical (unpaired) electrons. The molecule has 1 aromatic heterocycles. The lowest BCUT2D eigenvalue weighted by atomic mass is 10.2. The minimum absolute atomic E-state index is 0.485. The van der Waals surface area contributed by atoms with Crippen molar-refractivity contribution >= 4 is 27.5 Å². The number of nitrogens with one attached hydrogen (secondary N) is 1. The summed E-state index contributed by atoms with van der Waals surface area (Å²) in [4.78, 5) is 7.60. The van der Waals surface area contributed by atoms with Crippen molar-refractivity contribution in [3.63, 3.8) is 0 Å². The van der Waals surface area contributed by atoms with E-state index in [4.69, 9.17) is 5.73 Å². The fourth-order valence-electron chi connectivity index (χ4n) is 1.80. The molecule has 2 aromatic rings. The average molecular weight is 265 g/mol. The van der Waals surface area contributed by atoms with Gasteiger partial charge in [-0.2, -0.15) is 0 Å². The van der Waals surface area contributed by atoms with Gasteiger partial charge in [-0.3, -0.25) is 4.21 Å². The Bertz CT molecular complexity index is 564. The molecule has 5 heteroatoms. The molecule has 0 bridgehead atoms. The molecule has 4 nitrogen and oxygen atoms in total. The third kappa shape index (κ3) is 3.10. The van der Waals surface area contributed by atoms with Gasteiger partial charge in [-0.1, -0.05) is 20.3 Å². The van der Waals surface area contributed by atoms with E-state index in [0.29, 0.717) is 17.4 Å². The number of nitrogen functional groups attached to an aromatic ring is 1. The van der Waals surface area contributed by atoms with Crippen LogP contribution in [-0.2, 0) is 16.6 Å². The average Bonchev–Trinajstić information content (AvgIpc) is 2.69. The molecule has 0 aliphatic carbocycles. The molecule has 1 heterocycles. The van der Waals surface area contributed by atoms with E-state index in [2.05, 4.69) is 23.8 Å². The number of nitrogens with two attached hydrogens (primary N) is 1. The molecule has 2 atom stereocenters. The first-order valence-corrected chi connectivity index (χ1v) is 7.66. The lowest BCUT2D eigenvalue weighted by molar-refractivity contribution is 0.615. The molecule has 2 unspecified atom stereocenters. The summed E-state index contributed by atoms with van der Waals surface area (Å²) >= 11 is 0. The van der Waals surface area contributed by atoms with Gasteiger partial charge in [0.05, 0.1) is 16.8 Å². The van der Waals surface area contributed by atoms with E-state index in [1.54, 1.807) is 0 Å². The van der Waals surface area contributed by atoms with Crippen LogP contribution in [0.1, 0.15) is 26.1 Å². The highest BCUT2D eigenvalue weighted by Gasteiger charge is 2.10. The van der Waals surface area contributed by atoms with E-state index < -0.39 is 10.8 Å². The highest BCUT2D eigenvalue weighted by Crippen LogP contribution is 2.16. The van der Waals surface area contributed by atoms with Crippen molar-refractivity contribution in [1.29, 1.82) is 0 Å². The standard InChI is InChI=1S/C13H19N3OS/c1-3-9(2)7-18(17)8-13-15-11-5-4-10(14)6-12(11)16-13/h4-6,9H,3,7-8,14H2,1-2H3,(H,15,16). The maximum absolute atomic E-state index is 12.0. The van der Waals surface area contributed by atoms with Crippen molar-refractivity contribution in [3.05, 3.63) is 24.0 Å². The van der Waals surface area contributed by atoms with Gasteiger partial charge in [-0.15, -0.1) is 0 Å². The summed E-state index contributed by atoms with van der Waals surface area (Å²) in [5, 5.41) is 0. The third-order valence-corrected chi connectivity index (χ3v) is 4.56. The van der Waals surface area contributed by atoms with Crippen LogP contribution in [0.2, 0.25) is 0 Å². The lowest BCUT2D eigenvalue weighted by Crippen LogP contribution is -2.09. The Balaban J connectivity index is 2.10. The highest BCUT2D eigenvalue weighted by atomic mass is 32.2. The van der Waals surface area contributed by atoms with Gasteiger partial charge in [0, 0.05) is 22.2 Å². The van der Waals surface area contributed by atoms with Gasteiger partial charge in [-0.25, -0.2) is 4.98 Å². The number of fused-ring (bicyclic) bond motifs is 1. The molecule has 0 amide bonds. The number of nitrogens with zero attached hydrogens (tertiary/aromatic N) is 1. The number of aromatic amines is 1. The van der Waals surface area contributed by atoms with Crippen molar-refractivity contribution in [2.75, 3.05) is 11.5 Å². The quantitative estimate of drug-likeness (QED) is 0.816. The van der Waals surface area contributed by atoms with E-state index in [-0.39, 0.29) is 0 Å². The lowest BCUT2D eigenvalue weighted by Gasteiger charge is -2.06. The third-order valence-electron chi connectivity index (χ3n) is 3.02. The number of benzene rings is 1. The van der Waals surface area contributed by atoms with Crippen LogP contribution in [0, 0.1) is 5.92 Å². The maximum atomic E-state index is 12.0.